The summed E-state index contributed by atoms with van der Waals surface area (Å²) in [5, 5.41) is 9.82. The zero-order valence-corrected chi connectivity index (χ0v) is 12.6. The van der Waals surface area contributed by atoms with Gasteiger partial charge in [-0.15, -0.1) is 0 Å². The van der Waals surface area contributed by atoms with E-state index in [-0.39, 0.29) is 11.3 Å². The van der Waals surface area contributed by atoms with Gasteiger partial charge < -0.3 is 5.11 Å². The van der Waals surface area contributed by atoms with E-state index in [1.54, 1.807) is 0 Å². The zero-order chi connectivity index (χ0) is 15.2. The van der Waals surface area contributed by atoms with Crippen molar-refractivity contribution in [3.63, 3.8) is 0 Å². The van der Waals surface area contributed by atoms with Crippen LogP contribution in [0.3, 0.4) is 0 Å². The second-order valence-corrected chi connectivity index (χ2v) is 6.83. The predicted molar refractivity (Wildman–Crippen MR) is 84.3 cm³/mol. The van der Waals surface area contributed by atoms with Gasteiger partial charge in [0.1, 0.15) is 0 Å². The molecule has 0 heterocycles. The number of aliphatic carboxylic acids is 1. The number of carboxylic acids is 1. The van der Waals surface area contributed by atoms with Crippen molar-refractivity contribution in [2.45, 2.75) is 26.7 Å². The average Bonchev–Trinajstić information content (AvgIpc) is 2.73. The molecule has 1 aliphatic rings. The van der Waals surface area contributed by atoms with E-state index >= 15 is 0 Å². The van der Waals surface area contributed by atoms with Crippen LogP contribution in [0.25, 0.3) is 11.1 Å². The van der Waals surface area contributed by atoms with Gasteiger partial charge in [0.25, 0.3) is 0 Å². The molecule has 2 nitrogen and oxygen atoms in total. The predicted octanol–water partition coefficient (Wildman–Crippen LogP) is 4.55. The Kier molecular flexibility index (Phi) is 3.12. The van der Waals surface area contributed by atoms with Crippen LogP contribution >= 0.6 is 0 Å². The molecule has 0 saturated carbocycles. The van der Waals surface area contributed by atoms with E-state index in [4.69, 9.17) is 0 Å². The first-order valence-corrected chi connectivity index (χ1v) is 7.32. The SMILES string of the molecule is CC(C)(C)C(C(=O)O)C1c2ccccc2-c2ccccc21. The molecule has 2 aromatic carbocycles. The lowest BCUT2D eigenvalue weighted by atomic mass is 9.70. The molecule has 1 unspecified atom stereocenters. The fraction of sp³-hybridized carbons (Fsp3) is 0.316. The summed E-state index contributed by atoms with van der Waals surface area (Å²) in [4.78, 5) is 12.0. The Bertz CT molecular complexity index is 649. The number of fused-ring (bicyclic) bond motifs is 3. The normalized spacial score (nSPS) is 15.4. The highest BCUT2D eigenvalue weighted by Crippen LogP contribution is 2.52. The van der Waals surface area contributed by atoms with Crippen molar-refractivity contribution in [3.8, 4) is 11.1 Å². The number of carboxylic acid groups (broad SMARTS) is 1. The number of benzene rings is 2. The van der Waals surface area contributed by atoms with Crippen molar-refractivity contribution < 1.29 is 9.90 Å². The maximum absolute atomic E-state index is 12.0. The highest BCUT2D eigenvalue weighted by molar-refractivity contribution is 5.83. The van der Waals surface area contributed by atoms with Gasteiger partial charge in [0.2, 0.25) is 0 Å². The molecular formula is C19H20O2. The van der Waals surface area contributed by atoms with Crippen molar-refractivity contribution in [2.75, 3.05) is 0 Å². The lowest BCUT2D eigenvalue weighted by molar-refractivity contribution is -0.146. The minimum atomic E-state index is -0.723. The summed E-state index contributed by atoms with van der Waals surface area (Å²) in [7, 11) is 0. The van der Waals surface area contributed by atoms with Gasteiger partial charge in [-0.3, -0.25) is 4.79 Å². The summed E-state index contributed by atoms with van der Waals surface area (Å²) in [5.74, 6) is -1.24. The molecule has 108 valence electrons. The summed E-state index contributed by atoms with van der Waals surface area (Å²) in [5.41, 5.74) is 4.32. The first-order chi connectivity index (χ1) is 9.91. The number of hydrogen-bond acceptors (Lipinski definition) is 1. The van der Waals surface area contributed by atoms with Crippen LogP contribution in [0.2, 0.25) is 0 Å². The van der Waals surface area contributed by atoms with Crippen molar-refractivity contribution >= 4 is 5.97 Å². The lowest BCUT2D eigenvalue weighted by Gasteiger charge is -2.33. The minimum Gasteiger partial charge on any atom is -0.481 e. The maximum Gasteiger partial charge on any atom is 0.307 e. The van der Waals surface area contributed by atoms with Gasteiger partial charge in [0.05, 0.1) is 5.92 Å². The second-order valence-electron chi connectivity index (χ2n) is 6.83. The average molecular weight is 280 g/mol. The van der Waals surface area contributed by atoms with Crippen molar-refractivity contribution in [1.29, 1.82) is 0 Å². The molecule has 2 aromatic rings. The van der Waals surface area contributed by atoms with Crippen molar-refractivity contribution in [3.05, 3.63) is 59.7 Å². The van der Waals surface area contributed by atoms with Crippen molar-refractivity contribution in [2.24, 2.45) is 11.3 Å². The number of rotatable bonds is 2. The maximum atomic E-state index is 12.0. The molecule has 0 radical (unpaired) electrons. The molecule has 1 N–H and O–H groups in total. The van der Waals surface area contributed by atoms with E-state index in [1.807, 2.05) is 45.0 Å². The summed E-state index contributed by atoms with van der Waals surface area (Å²) in [6.07, 6.45) is 0. The van der Waals surface area contributed by atoms with Crippen molar-refractivity contribution in [1.82, 2.24) is 0 Å². The third-order valence-corrected chi connectivity index (χ3v) is 4.41. The summed E-state index contributed by atoms with van der Waals surface area (Å²) >= 11 is 0. The molecule has 21 heavy (non-hydrogen) atoms. The lowest BCUT2D eigenvalue weighted by Crippen LogP contribution is -2.33. The number of carbonyl (C=O) groups is 1. The molecule has 0 amide bonds. The molecule has 0 fully saturated rings. The zero-order valence-electron chi connectivity index (χ0n) is 12.6. The minimum absolute atomic E-state index is 0.0742. The molecule has 1 atom stereocenters. The van der Waals surface area contributed by atoms with Crippen LogP contribution in [0.15, 0.2) is 48.5 Å². The van der Waals surface area contributed by atoms with Crippen LogP contribution in [0.1, 0.15) is 37.8 Å². The van der Waals surface area contributed by atoms with Gasteiger partial charge in [-0.05, 0) is 27.7 Å². The summed E-state index contributed by atoms with van der Waals surface area (Å²) in [6, 6.07) is 16.4. The second kappa shape index (κ2) is 4.73. The van der Waals surface area contributed by atoms with Crippen LogP contribution in [0.4, 0.5) is 0 Å². The van der Waals surface area contributed by atoms with E-state index in [0.717, 1.165) is 11.1 Å². The molecule has 0 aromatic heterocycles. The smallest absolute Gasteiger partial charge is 0.307 e. The van der Waals surface area contributed by atoms with Gasteiger partial charge in [0, 0.05) is 5.92 Å². The van der Waals surface area contributed by atoms with E-state index < -0.39 is 11.9 Å². The first kappa shape index (κ1) is 13.9. The van der Waals surface area contributed by atoms with Crippen LogP contribution in [-0.4, -0.2) is 11.1 Å². The van der Waals surface area contributed by atoms with Crippen LogP contribution in [-0.2, 0) is 4.79 Å². The fourth-order valence-electron chi connectivity index (χ4n) is 3.57. The third kappa shape index (κ3) is 2.15. The molecule has 2 heteroatoms. The Labute approximate surface area is 125 Å². The molecule has 0 saturated heterocycles. The standard InChI is InChI=1S/C19H20O2/c1-19(2,3)17(18(20)21)16-14-10-6-4-8-12(14)13-9-5-7-11-15(13)16/h4-11,16-17H,1-3H3,(H,20,21). The largest absolute Gasteiger partial charge is 0.481 e. The van der Waals surface area contributed by atoms with Crippen LogP contribution in [0.5, 0.6) is 0 Å². The number of hydrogen-bond donors (Lipinski definition) is 1. The third-order valence-electron chi connectivity index (χ3n) is 4.41. The van der Waals surface area contributed by atoms with E-state index in [0.29, 0.717) is 0 Å². The van der Waals surface area contributed by atoms with Gasteiger partial charge in [-0.25, -0.2) is 0 Å². The molecule has 3 rings (SSSR count). The Morgan fingerprint density at radius 2 is 1.38 bits per heavy atom. The van der Waals surface area contributed by atoms with Gasteiger partial charge in [-0.1, -0.05) is 69.3 Å². The van der Waals surface area contributed by atoms with E-state index in [2.05, 4.69) is 24.3 Å². The highest BCUT2D eigenvalue weighted by Gasteiger charge is 2.43. The Hall–Kier alpha value is -2.09. The summed E-state index contributed by atoms with van der Waals surface area (Å²) < 4.78 is 0. The first-order valence-electron chi connectivity index (χ1n) is 7.32. The molecule has 0 aliphatic heterocycles. The van der Waals surface area contributed by atoms with Crippen LogP contribution < -0.4 is 0 Å². The monoisotopic (exact) mass is 280 g/mol. The molecule has 0 bridgehead atoms. The molecule has 0 spiro atoms. The molecule has 1 aliphatic carbocycles. The van der Waals surface area contributed by atoms with Gasteiger partial charge >= 0.3 is 5.97 Å². The highest BCUT2D eigenvalue weighted by atomic mass is 16.4. The van der Waals surface area contributed by atoms with Crippen LogP contribution in [0, 0.1) is 11.3 Å². The topological polar surface area (TPSA) is 37.3 Å². The molecular weight excluding hydrogens is 260 g/mol. The van der Waals surface area contributed by atoms with E-state index in [1.165, 1.54) is 11.1 Å². The summed E-state index contributed by atoms with van der Waals surface area (Å²) in [6.45, 7) is 6.03. The Morgan fingerprint density at radius 1 is 0.952 bits per heavy atom. The Morgan fingerprint density at radius 3 is 1.76 bits per heavy atom. The van der Waals surface area contributed by atoms with Gasteiger partial charge in [-0.2, -0.15) is 0 Å². The fourth-order valence-corrected chi connectivity index (χ4v) is 3.57. The van der Waals surface area contributed by atoms with Gasteiger partial charge in [0.15, 0.2) is 0 Å². The quantitative estimate of drug-likeness (QED) is 0.876. The van der Waals surface area contributed by atoms with E-state index in [9.17, 15) is 9.90 Å². The Balaban J connectivity index is 2.25.